The van der Waals surface area contributed by atoms with E-state index >= 15 is 0 Å². The maximum Gasteiger partial charge on any atom is 0.0946 e. The molecule has 0 atom stereocenters. The van der Waals surface area contributed by atoms with Gasteiger partial charge >= 0.3 is 0 Å². The normalized spacial score (nSPS) is 24.7. The lowest BCUT2D eigenvalue weighted by atomic mass is 10.1. The molecular formula is C18H23BrN2S2. The maximum absolute atomic E-state index is 4.21. The highest BCUT2D eigenvalue weighted by Crippen LogP contribution is 2.48. The first-order valence-electron chi connectivity index (χ1n) is 8.13. The molecule has 5 heteroatoms. The second-order valence-electron chi connectivity index (χ2n) is 6.35. The van der Waals surface area contributed by atoms with E-state index in [4.69, 9.17) is 0 Å². The van der Waals surface area contributed by atoms with Gasteiger partial charge in [0.25, 0.3) is 0 Å². The largest absolute Gasteiger partial charge is 0.335 e. The summed E-state index contributed by atoms with van der Waals surface area (Å²) in [6, 6.07) is 8.75. The molecule has 1 aliphatic heterocycles. The molecule has 1 aromatic heterocycles. The summed E-state index contributed by atoms with van der Waals surface area (Å²) in [6.45, 7) is 3.43. The fourth-order valence-corrected chi connectivity index (χ4v) is 6.49. The monoisotopic (exact) mass is 410 g/mol. The second-order valence-corrected chi connectivity index (χ2v) is 10.3. The zero-order valence-electron chi connectivity index (χ0n) is 13.5. The number of halogens is 1. The van der Waals surface area contributed by atoms with Crippen LogP contribution in [0.15, 0.2) is 47.5 Å². The van der Waals surface area contributed by atoms with Gasteiger partial charge in [-0.2, -0.15) is 0 Å². The van der Waals surface area contributed by atoms with Crippen molar-refractivity contribution in [3.8, 4) is 0 Å². The van der Waals surface area contributed by atoms with Gasteiger partial charge in [-0.25, -0.2) is 4.98 Å². The third-order valence-electron chi connectivity index (χ3n) is 4.18. The molecule has 1 aliphatic rings. The predicted molar refractivity (Wildman–Crippen MR) is 106 cm³/mol. The first-order chi connectivity index (χ1) is 11.2. The molecule has 2 heterocycles. The van der Waals surface area contributed by atoms with Crippen LogP contribution in [0.2, 0.25) is 0 Å². The van der Waals surface area contributed by atoms with Gasteiger partial charge in [0.05, 0.1) is 10.4 Å². The quantitative estimate of drug-likeness (QED) is 0.627. The third-order valence-corrected chi connectivity index (χ3v) is 8.61. The maximum atomic E-state index is 4.21. The molecule has 0 N–H and O–H groups in total. The van der Waals surface area contributed by atoms with Gasteiger partial charge in [0, 0.05) is 23.4 Å². The van der Waals surface area contributed by atoms with Crippen molar-refractivity contribution in [1.29, 1.82) is 0 Å². The summed E-state index contributed by atoms with van der Waals surface area (Å²) >= 11 is 7.83. The van der Waals surface area contributed by atoms with Crippen LogP contribution >= 0.6 is 39.5 Å². The number of nitrogens with zero attached hydrogens (tertiary/aromatic N) is 2. The van der Waals surface area contributed by atoms with Crippen LogP contribution in [0.3, 0.4) is 0 Å². The van der Waals surface area contributed by atoms with E-state index in [9.17, 15) is 0 Å². The average Bonchev–Trinajstić information content (AvgIpc) is 3.05. The van der Waals surface area contributed by atoms with Crippen LogP contribution in [0, 0.1) is 5.92 Å². The molecule has 0 spiro atoms. The minimum Gasteiger partial charge on any atom is -0.335 e. The van der Waals surface area contributed by atoms with Crippen molar-refractivity contribution in [2.24, 2.45) is 5.92 Å². The molecule has 0 aliphatic carbocycles. The highest BCUT2D eigenvalue weighted by Gasteiger charge is 2.35. The topological polar surface area (TPSA) is 17.8 Å². The third kappa shape index (κ3) is 5.04. The molecule has 1 fully saturated rings. The van der Waals surface area contributed by atoms with Crippen molar-refractivity contribution < 1.29 is 0 Å². The summed E-state index contributed by atoms with van der Waals surface area (Å²) in [5, 5.41) is 0. The molecule has 0 bridgehead atoms. The van der Waals surface area contributed by atoms with E-state index in [1.165, 1.54) is 29.9 Å². The lowest BCUT2D eigenvalue weighted by Crippen LogP contribution is -2.33. The van der Waals surface area contributed by atoms with E-state index < -0.39 is 0 Å². The van der Waals surface area contributed by atoms with E-state index in [1.54, 1.807) is 0 Å². The van der Waals surface area contributed by atoms with Crippen molar-refractivity contribution in [2.45, 2.75) is 36.8 Å². The molecule has 0 saturated carbocycles. The van der Waals surface area contributed by atoms with Crippen LogP contribution in [-0.4, -0.2) is 25.1 Å². The first kappa shape index (κ1) is 17.4. The number of aryl methyl sites for hydroxylation is 1. The number of hydrogen-bond donors (Lipinski definition) is 0. The highest BCUT2D eigenvalue weighted by atomic mass is 79.9. The van der Waals surface area contributed by atoms with Crippen LogP contribution in [0.4, 0.5) is 0 Å². The number of benzene rings is 1. The molecular weight excluding hydrogens is 388 g/mol. The fraction of sp³-hybridized carbons (Fsp3) is 0.500. The van der Waals surface area contributed by atoms with Crippen molar-refractivity contribution in [2.75, 3.05) is 11.5 Å². The lowest BCUT2D eigenvalue weighted by molar-refractivity contribution is 0.559. The van der Waals surface area contributed by atoms with E-state index in [0.717, 1.165) is 23.4 Å². The summed E-state index contributed by atoms with van der Waals surface area (Å²) in [7, 11) is 0. The lowest BCUT2D eigenvalue weighted by Gasteiger charge is -2.38. The fourth-order valence-electron chi connectivity index (χ4n) is 2.86. The SMILES string of the molecule is CC1CSC(CCCc2ccc(Br)cc2)(Cn2ccnc2)SC1. The van der Waals surface area contributed by atoms with Gasteiger partial charge < -0.3 is 4.57 Å². The minimum atomic E-state index is 0.308. The molecule has 3 rings (SSSR count). The second kappa shape index (κ2) is 8.13. The average molecular weight is 411 g/mol. The Morgan fingerprint density at radius 2 is 2.00 bits per heavy atom. The van der Waals surface area contributed by atoms with E-state index in [1.807, 2.05) is 12.5 Å². The van der Waals surface area contributed by atoms with Gasteiger partial charge in [-0.3, -0.25) is 0 Å². The summed E-state index contributed by atoms with van der Waals surface area (Å²) < 4.78 is 3.71. The van der Waals surface area contributed by atoms with E-state index in [-0.39, 0.29) is 0 Å². The van der Waals surface area contributed by atoms with Crippen LogP contribution in [-0.2, 0) is 13.0 Å². The Morgan fingerprint density at radius 3 is 2.65 bits per heavy atom. The molecule has 2 aromatic rings. The summed E-state index contributed by atoms with van der Waals surface area (Å²) in [6.07, 6.45) is 9.59. The van der Waals surface area contributed by atoms with Gasteiger partial charge in [-0.1, -0.05) is 35.0 Å². The highest BCUT2D eigenvalue weighted by molar-refractivity contribution is 9.10. The Hall–Kier alpha value is -0.390. The zero-order valence-corrected chi connectivity index (χ0v) is 16.7. The first-order valence-corrected chi connectivity index (χ1v) is 10.9. The molecule has 0 unspecified atom stereocenters. The Bertz CT molecular complexity index is 590. The minimum absolute atomic E-state index is 0.308. The molecule has 23 heavy (non-hydrogen) atoms. The number of rotatable bonds is 6. The van der Waals surface area contributed by atoms with Gasteiger partial charge in [0.1, 0.15) is 0 Å². The van der Waals surface area contributed by atoms with E-state index in [0.29, 0.717) is 4.08 Å². The van der Waals surface area contributed by atoms with Crippen LogP contribution in [0.5, 0.6) is 0 Å². The van der Waals surface area contributed by atoms with Gasteiger partial charge in [0.15, 0.2) is 0 Å². The van der Waals surface area contributed by atoms with Gasteiger partial charge in [-0.05, 0) is 54.4 Å². The molecule has 0 radical (unpaired) electrons. The summed E-state index contributed by atoms with van der Waals surface area (Å²) in [5.41, 5.74) is 1.44. The number of hydrogen-bond acceptors (Lipinski definition) is 3. The molecule has 1 aromatic carbocycles. The van der Waals surface area contributed by atoms with Crippen molar-refractivity contribution in [3.63, 3.8) is 0 Å². The standard InChI is InChI=1S/C18H23BrN2S2/c1-15-11-22-18(23-12-15,13-21-10-9-20-14-21)8-2-3-16-4-6-17(19)7-5-16/h4-7,9-10,14-15H,2-3,8,11-13H2,1H3. The molecule has 124 valence electrons. The molecule has 2 nitrogen and oxygen atoms in total. The smallest absolute Gasteiger partial charge is 0.0946 e. The Labute approximate surface area is 156 Å². The Balaban J connectivity index is 1.60. The van der Waals surface area contributed by atoms with Crippen molar-refractivity contribution in [1.82, 2.24) is 9.55 Å². The van der Waals surface area contributed by atoms with Gasteiger partial charge in [0.2, 0.25) is 0 Å². The summed E-state index contributed by atoms with van der Waals surface area (Å²) in [4.78, 5) is 4.21. The van der Waals surface area contributed by atoms with Crippen LogP contribution in [0.1, 0.15) is 25.3 Å². The van der Waals surface area contributed by atoms with Crippen molar-refractivity contribution >= 4 is 39.5 Å². The molecule has 1 saturated heterocycles. The zero-order chi connectivity index (χ0) is 16.1. The van der Waals surface area contributed by atoms with E-state index in [2.05, 4.69) is 86.4 Å². The Morgan fingerprint density at radius 1 is 1.26 bits per heavy atom. The van der Waals surface area contributed by atoms with Gasteiger partial charge in [-0.15, -0.1) is 23.5 Å². The predicted octanol–water partition coefficient (Wildman–Crippen LogP) is 5.48. The van der Waals surface area contributed by atoms with Crippen molar-refractivity contribution in [3.05, 3.63) is 53.0 Å². The summed E-state index contributed by atoms with van der Waals surface area (Å²) in [5.74, 6) is 3.38. The molecule has 0 amide bonds. The number of imidazole rings is 1. The van der Waals surface area contributed by atoms with Crippen LogP contribution in [0.25, 0.3) is 0 Å². The Kier molecular flexibility index (Phi) is 6.16. The number of thioether (sulfide) groups is 2. The van der Waals surface area contributed by atoms with Crippen LogP contribution < -0.4 is 0 Å². The number of aromatic nitrogens is 2.